The Morgan fingerprint density at radius 2 is 1.93 bits per heavy atom. The minimum Gasteiger partial charge on any atom is -0.312 e. The van der Waals surface area contributed by atoms with Gasteiger partial charge in [0.1, 0.15) is 0 Å². The van der Waals surface area contributed by atoms with Gasteiger partial charge in [-0.15, -0.1) is 0 Å². The summed E-state index contributed by atoms with van der Waals surface area (Å²) in [6, 6.07) is 0.661. The summed E-state index contributed by atoms with van der Waals surface area (Å²) in [6.07, 6.45) is 5.42. The second kappa shape index (κ2) is 3.49. The molecule has 0 spiro atoms. The number of rotatable bonds is 3. The SMILES string of the molecule is CC1(NCC2NCCCC2(C)C)CC1. The van der Waals surface area contributed by atoms with Crippen LogP contribution in [0.15, 0.2) is 0 Å². The molecule has 0 radical (unpaired) electrons. The maximum atomic E-state index is 3.70. The molecule has 1 saturated carbocycles. The van der Waals surface area contributed by atoms with Crippen molar-refractivity contribution in [2.24, 2.45) is 5.41 Å². The molecule has 1 atom stereocenters. The molecule has 0 amide bonds. The normalized spacial score (nSPS) is 34.1. The summed E-state index contributed by atoms with van der Waals surface area (Å²) in [5.41, 5.74) is 0.950. The summed E-state index contributed by atoms with van der Waals surface area (Å²) in [7, 11) is 0. The van der Waals surface area contributed by atoms with Crippen LogP contribution in [0.2, 0.25) is 0 Å². The molecule has 1 aliphatic heterocycles. The van der Waals surface area contributed by atoms with Gasteiger partial charge in [-0.05, 0) is 44.6 Å². The number of piperidine rings is 1. The highest BCUT2D eigenvalue weighted by atomic mass is 15.1. The van der Waals surface area contributed by atoms with Crippen LogP contribution in [0, 0.1) is 5.41 Å². The van der Waals surface area contributed by atoms with Gasteiger partial charge in [0.25, 0.3) is 0 Å². The predicted octanol–water partition coefficient (Wildman–Crippen LogP) is 1.91. The van der Waals surface area contributed by atoms with Crippen molar-refractivity contribution in [2.45, 2.75) is 58.0 Å². The molecular weight excluding hydrogens is 172 g/mol. The maximum Gasteiger partial charge on any atom is 0.0243 e. The summed E-state index contributed by atoms with van der Waals surface area (Å²) >= 11 is 0. The molecular formula is C12H24N2. The summed E-state index contributed by atoms with van der Waals surface area (Å²) in [5.74, 6) is 0. The molecule has 1 saturated heterocycles. The van der Waals surface area contributed by atoms with Gasteiger partial charge in [-0.25, -0.2) is 0 Å². The van der Waals surface area contributed by atoms with Gasteiger partial charge < -0.3 is 10.6 Å². The third-order valence-corrected chi connectivity index (χ3v) is 4.06. The van der Waals surface area contributed by atoms with E-state index in [4.69, 9.17) is 0 Å². The predicted molar refractivity (Wildman–Crippen MR) is 60.4 cm³/mol. The fraction of sp³-hybridized carbons (Fsp3) is 1.00. The van der Waals surface area contributed by atoms with E-state index in [0.29, 0.717) is 17.0 Å². The van der Waals surface area contributed by atoms with Crippen molar-refractivity contribution >= 4 is 0 Å². The Morgan fingerprint density at radius 3 is 2.50 bits per heavy atom. The fourth-order valence-corrected chi connectivity index (χ4v) is 2.33. The van der Waals surface area contributed by atoms with E-state index < -0.39 is 0 Å². The highest BCUT2D eigenvalue weighted by Gasteiger charge is 2.39. The quantitative estimate of drug-likeness (QED) is 0.720. The minimum atomic E-state index is 0.469. The molecule has 82 valence electrons. The first-order valence-electron chi connectivity index (χ1n) is 6.00. The zero-order chi connectivity index (χ0) is 10.2. The monoisotopic (exact) mass is 196 g/mol. The van der Waals surface area contributed by atoms with Gasteiger partial charge in [-0.3, -0.25) is 0 Å². The van der Waals surface area contributed by atoms with Crippen molar-refractivity contribution in [1.82, 2.24) is 10.6 Å². The molecule has 0 aromatic heterocycles. The molecule has 2 aliphatic rings. The molecule has 14 heavy (non-hydrogen) atoms. The molecule has 1 heterocycles. The van der Waals surface area contributed by atoms with Crippen LogP contribution in [0.25, 0.3) is 0 Å². The van der Waals surface area contributed by atoms with E-state index in [1.165, 1.54) is 32.2 Å². The first-order valence-corrected chi connectivity index (χ1v) is 6.00. The smallest absolute Gasteiger partial charge is 0.0243 e. The fourth-order valence-electron chi connectivity index (χ4n) is 2.33. The molecule has 2 fully saturated rings. The summed E-state index contributed by atoms with van der Waals surface area (Å²) in [6.45, 7) is 9.46. The Bertz CT molecular complexity index is 206. The van der Waals surface area contributed by atoms with E-state index in [-0.39, 0.29) is 0 Å². The zero-order valence-corrected chi connectivity index (χ0v) is 9.82. The molecule has 2 rings (SSSR count). The lowest BCUT2D eigenvalue weighted by Gasteiger charge is -2.40. The van der Waals surface area contributed by atoms with E-state index in [1.807, 2.05) is 0 Å². The molecule has 0 aromatic rings. The van der Waals surface area contributed by atoms with E-state index in [1.54, 1.807) is 0 Å². The molecule has 1 unspecified atom stereocenters. The highest BCUT2D eigenvalue weighted by Crippen LogP contribution is 2.35. The van der Waals surface area contributed by atoms with Crippen LogP contribution >= 0.6 is 0 Å². The second-order valence-corrected chi connectivity index (χ2v) is 6.04. The Morgan fingerprint density at radius 1 is 1.21 bits per heavy atom. The van der Waals surface area contributed by atoms with Gasteiger partial charge in [0, 0.05) is 18.1 Å². The third-order valence-electron chi connectivity index (χ3n) is 4.06. The lowest BCUT2D eigenvalue weighted by Crippen LogP contribution is -2.53. The molecule has 0 aromatic carbocycles. The molecule has 2 N–H and O–H groups in total. The van der Waals surface area contributed by atoms with Crippen molar-refractivity contribution in [2.75, 3.05) is 13.1 Å². The van der Waals surface area contributed by atoms with Crippen molar-refractivity contribution in [3.05, 3.63) is 0 Å². The Kier molecular flexibility index (Phi) is 2.61. The summed E-state index contributed by atoms with van der Waals surface area (Å²) < 4.78 is 0. The van der Waals surface area contributed by atoms with Crippen molar-refractivity contribution < 1.29 is 0 Å². The van der Waals surface area contributed by atoms with Gasteiger partial charge in [-0.2, -0.15) is 0 Å². The summed E-state index contributed by atoms with van der Waals surface area (Å²) in [4.78, 5) is 0. The maximum absolute atomic E-state index is 3.70. The number of hydrogen-bond donors (Lipinski definition) is 2. The lowest BCUT2D eigenvalue weighted by molar-refractivity contribution is 0.172. The van der Waals surface area contributed by atoms with E-state index >= 15 is 0 Å². The van der Waals surface area contributed by atoms with Gasteiger partial charge in [-0.1, -0.05) is 13.8 Å². The van der Waals surface area contributed by atoms with Crippen molar-refractivity contribution in [3.63, 3.8) is 0 Å². The Balaban J connectivity index is 1.82. The van der Waals surface area contributed by atoms with E-state index in [9.17, 15) is 0 Å². The zero-order valence-electron chi connectivity index (χ0n) is 9.82. The molecule has 2 heteroatoms. The van der Waals surface area contributed by atoms with Crippen LogP contribution < -0.4 is 10.6 Å². The highest BCUT2D eigenvalue weighted by molar-refractivity contribution is 5.00. The van der Waals surface area contributed by atoms with Gasteiger partial charge >= 0.3 is 0 Å². The van der Waals surface area contributed by atoms with Crippen LogP contribution in [-0.2, 0) is 0 Å². The standard InChI is InChI=1S/C12H24N2/c1-11(2)5-4-8-13-10(11)9-14-12(3)6-7-12/h10,13-14H,4-9H2,1-3H3. The van der Waals surface area contributed by atoms with E-state index in [2.05, 4.69) is 31.4 Å². The Labute approximate surface area is 87.8 Å². The van der Waals surface area contributed by atoms with Crippen LogP contribution in [0.3, 0.4) is 0 Å². The number of hydrogen-bond acceptors (Lipinski definition) is 2. The Hall–Kier alpha value is -0.0800. The molecule has 2 nitrogen and oxygen atoms in total. The minimum absolute atomic E-state index is 0.469. The van der Waals surface area contributed by atoms with E-state index in [0.717, 1.165) is 6.54 Å². The van der Waals surface area contributed by atoms with Gasteiger partial charge in [0.05, 0.1) is 0 Å². The first kappa shape index (κ1) is 10.4. The van der Waals surface area contributed by atoms with Crippen molar-refractivity contribution in [1.29, 1.82) is 0 Å². The van der Waals surface area contributed by atoms with Gasteiger partial charge in [0.2, 0.25) is 0 Å². The van der Waals surface area contributed by atoms with Crippen LogP contribution in [0.1, 0.15) is 46.5 Å². The average molecular weight is 196 g/mol. The largest absolute Gasteiger partial charge is 0.312 e. The molecule has 1 aliphatic carbocycles. The van der Waals surface area contributed by atoms with Crippen molar-refractivity contribution in [3.8, 4) is 0 Å². The second-order valence-electron chi connectivity index (χ2n) is 6.04. The van der Waals surface area contributed by atoms with Crippen LogP contribution in [0.5, 0.6) is 0 Å². The third kappa shape index (κ3) is 2.29. The van der Waals surface area contributed by atoms with Crippen LogP contribution in [0.4, 0.5) is 0 Å². The first-order chi connectivity index (χ1) is 6.52. The lowest BCUT2D eigenvalue weighted by atomic mass is 9.77. The topological polar surface area (TPSA) is 24.1 Å². The van der Waals surface area contributed by atoms with Crippen LogP contribution in [-0.4, -0.2) is 24.7 Å². The molecule has 0 bridgehead atoms. The number of nitrogens with one attached hydrogen (secondary N) is 2. The average Bonchev–Trinajstić information content (AvgIpc) is 2.82. The van der Waals surface area contributed by atoms with Gasteiger partial charge in [0.15, 0.2) is 0 Å². The summed E-state index contributed by atoms with van der Waals surface area (Å²) in [5, 5.41) is 7.34.